The van der Waals surface area contributed by atoms with Crippen LogP contribution in [0.2, 0.25) is 0 Å². The van der Waals surface area contributed by atoms with Crippen molar-refractivity contribution in [2.75, 3.05) is 34.5 Å². The van der Waals surface area contributed by atoms with Crippen LogP contribution in [0.5, 0.6) is 11.5 Å². The first-order valence-corrected chi connectivity index (χ1v) is 6.41. The van der Waals surface area contributed by atoms with Crippen molar-refractivity contribution in [3.05, 3.63) is 23.8 Å². The van der Waals surface area contributed by atoms with Crippen LogP contribution >= 0.6 is 0 Å². The quantitative estimate of drug-likeness (QED) is 0.850. The average Bonchev–Trinajstić information content (AvgIpc) is 2.97. The third-order valence-electron chi connectivity index (χ3n) is 3.28. The van der Waals surface area contributed by atoms with E-state index < -0.39 is 0 Å². The van der Waals surface area contributed by atoms with Gasteiger partial charge in [0.15, 0.2) is 17.8 Å². The summed E-state index contributed by atoms with van der Waals surface area (Å²) in [6, 6.07) is 6.07. The maximum atomic E-state index is 5.49. The fourth-order valence-electron chi connectivity index (χ4n) is 2.23. The number of methoxy groups -OCH3 is 2. The van der Waals surface area contributed by atoms with Crippen LogP contribution in [0.4, 0.5) is 0 Å². The third-order valence-corrected chi connectivity index (χ3v) is 3.28. The lowest BCUT2D eigenvalue weighted by molar-refractivity contribution is -0.0526. The molecular formula is C14H21NO4. The van der Waals surface area contributed by atoms with E-state index in [2.05, 4.69) is 5.32 Å². The van der Waals surface area contributed by atoms with Crippen LogP contribution in [-0.2, 0) is 9.47 Å². The van der Waals surface area contributed by atoms with E-state index >= 15 is 0 Å². The van der Waals surface area contributed by atoms with Crippen LogP contribution in [0.3, 0.4) is 0 Å². The molecule has 106 valence electrons. The largest absolute Gasteiger partial charge is 0.493 e. The Morgan fingerprint density at radius 1 is 1.21 bits per heavy atom. The number of rotatable bonds is 6. The molecule has 1 aromatic rings. The number of ether oxygens (including phenoxy) is 4. The number of nitrogens with one attached hydrogen (secondary N) is 1. The first-order chi connectivity index (χ1) is 9.28. The molecule has 1 unspecified atom stereocenters. The predicted molar refractivity (Wildman–Crippen MR) is 71.7 cm³/mol. The van der Waals surface area contributed by atoms with Gasteiger partial charge in [0.25, 0.3) is 0 Å². The van der Waals surface area contributed by atoms with Gasteiger partial charge in [0.1, 0.15) is 0 Å². The Morgan fingerprint density at radius 2 is 1.89 bits per heavy atom. The van der Waals surface area contributed by atoms with Crippen LogP contribution in [0.1, 0.15) is 18.0 Å². The van der Waals surface area contributed by atoms with Crippen molar-refractivity contribution in [3.63, 3.8) is 0 Å². The molecule has 0 saturated carbocycles. The lowest BCUT2D eigenvalue weighted by Crippen LogP contribution is -2.23. The Kier molecular flexibility index (Phi) is 5.01. The predicted octanol–water partition coefficient (Wildman–Crippen LogP) is 1.73. The lowest BCUT2D eigenvalue weighted by atomic mass is 10.0. The molecule has 2 rings (SSSR count). The van der Waals surface area contributed by atoms with Crippen molar-refractivity contribution in [3.8, 4) is 11.5 Å². The van der Waals surface area contributed by atoms with Crippen molar-refractivity contribution in [1.82, 2.24) is 5.32 Å². The molecule has 1 aromatic carbocycles. The van der Waals surface area contributed by atoms with Gasteiger partial charge in [-0.2, -0.15) is 0 Å². The summed E-state index contributed by atoms with van der Waals surface area (Å²) in [5.41, 5.74) is 1.12. The molecule has 5 nitrogen and oxygen atoms in total. The van der Waals surface area contributed by atoms with Gasteiger partial charge < -0.3 is 24.3 Å². The molecule has 0 radical (unpaired) electrons. The zero-order valence-electron chi connectivity index (χ0n) is 11.6. The summed E-state index contributed by atoms with van der Waals surface area (Å²) in [6.45, 7) is 1.35. The second kappa shape index (κ2) is 6.75. The molecule has 19 heavy (non-hydrogen) atoms. The highest BCUT2D eigenvalue weighted by atomic mass is 16.7. The van der Waals surface area contributed by atoms with Crippen molar-refractivity contribution in [2.24, 2.45) is 0 Å². The molecule has 0 bridgehead atoms. The Bertz CT molecular complexity index is 404. The van der Waals surface area contributed by atoms with Crippen molar-refractivity contribution < 1.29 is 18.9 Å². The number of hydrogen-bond donors (Lipinski definition) is 1. The lowest BCUT2D eigenvalue weighted by Gasteiger charge is -2.21. The maximum Gasteiger partial charge on any atom is 0.161 e. The molecule has 0 spiro atoms. The summed E-state index contributed by atoms with van der Waals surface area (Å²) in [7, 11) is 5.20. The van der Waals surface area contributed by atoms with Crippen LogP contribution < -0.4 is 14.8 Å². The second-order valence-corrected chi connectivity index (χ2v) is 4.36. The fourth-order valence-corrected chi connectivity index (χ4v) is 2.23. The van der Waals surface area contributed by atoms with E-state index in [-0.39, 0.29) is 12.3 Å². The van der Waals surface area contributed by atoms with E-state index in [1.54, 1.807) is 14.2 Å². The van der Waals surface area contributed by atoms with Gasteiger partial charge in [-0.15, -0.1) is 0 Å². The minimum Gasteiger partial charge on any atom is -0.493 e. The van der Waals surface area contributed by atoms with Crippen molar-refractivity contribution in [1.29, 1.82) is 0 Å². The van der Waals surface area contributed by atoms with Gasteiger partial charge in [0.2, 0.25) is 0 Å². The molecule has 1 saturated heterocycles. The molecule has 1 fully saturated rings. The van der Waals surface area contributed by atoms with Crippen LogP contribution in [0.15, 0.2) is 18.2 Å². The Balaban J connectivity index is 2.12. The summed E-state index contributed by atoms with van der Waals surface area (Å²) in [6.07, 6.45) is 0.636. The Morgan fingerprint density at radius 3 is 2.47 bits per heavy atom. The number of hydrogen-bond acceptors (Lipinski definition) is 5. The molecule has 1 N–H and O–H groups in total. The molecule has 1 aliphatic heterocycles. The molecule has 1 atom stereocenters. The Hall–Kier alpha value is -1.30. The van der Waals surface area contributed by atoms with Gasteiger partial charge >= 0.3 is 0 Å². The minimum atomic E-state index is -0.134. The fraction of sp³-hybridized carbons (Fsp3) is 0.571. The van der Waals surface area contributed by atoms with Gasteiger partial charge in [-0.05, 0) is 24.7 Å². The number of benzene rings is 1. The van der Waals surface area contributed by atoms with Crippen molar-refractivity contribution >= 4 is 0 Å². The van der Waals surface area contributed by atoms with Gasteiger partial charge in [-0.25, -0.2) is 0 Å². The van der Waals surface area contributed by atoms with Gasteiger partial charge in [0, 0.05) is 12.5 Å². The summed E-state index contributed by atoms with van der Waals surface area (Å²) < 4.78 is 21.5. The van der Waals surface area contributed by atoms with E-state index in [0.29, 0.717) is 13.2 Å². The molecule has 0 aromatic heterocycles. The zero-order valence-corrected chi connectivity index (χ0v) is 11.6. The zero-order chi connectivity index (χ0) is 13.7. The van der Waals surface area contributed by atoms with Crippen LogP contribution in [-0.4, -0.2) is 40.8 Å². The highest BCUT2D eigenvalue weighted by Crippen LogP contribution is 2.31. The van der Waals surface area contributed by atoms with E-state index in [1.165, 1.54) is 0 Å². The van der Waals surface area contributed by atoms with E-state index in [1.807, 2.05) is 25.2 Å². The van der Waals surface area contributed by atoms with E-state index in [0.717, 1.165) is 23.5 Å². The van der Waals surface area contributed by atoms with Crippen LogP contribution in [0.25, 0.3) is 0 Å². The highest BCUT2D eigenvalue weighted by Gasteiger charge is 2.22. The summed E-state index contributed by atoms with van der Waals surface area (Å²) in [4.78, 5) is 0. The smallest absolute Gasteiger partial charge is 0.161 e. The van der Waals surface area contributed by atoms with Gasteiger partial charge in [0.05, 0.1) is 27.4 Å². The van der Waals surface area contributed by atoms with E-state index in [9.17, 15) is 0 Å². The molecule has 0 aliphatic carbocycles. The van der Waals surface area contributed by atoms with Crippen LogP contribution in [0, 0.1) is 0 Å². The highest BCUT2D eigenvalue weighted by molar-refractivity contribution is 5.43. The Labute approximate surface area is 113 Å². The average molecular weight is 267 g/mol. The topological polar surface area (TPSA) is 49.0 Å². The normalized spacial score (nSPS) is 17.4. The summed E-state index contributed by atoms with van der Waals surface area (Å²) in [5.74, 6) is 1.46. The standard InChI is InChI=1S/C14H21NO4/c1-15-11(9-14-18-6-7-19-14)10-4-5-12(16-2)13(8-10)17-3/h4-5,8,11,14-15H,6-7,9H2,1-3H3. The van der Waals surface area contributed by atoms with Gasteiger partial charge in [-0.1, -0.05) is 6.07 Å². The SMILES string of the molecule is CNC(CC1OCCO1)c1ccc(OC)c(OC)c1. The second-order valence-electron chi connectivity index (χ2n) is 4.36. The minimum absolute atomic E-state index is 0.134. The van der Waals surface area contributed by atoms with E-state index in [4.69, 9.17) is 18.9 Å². The molecule has 0 amide bonds. The van der Waals surface area contributed by atoms with Crippen molar-refractivity contribution in [2.45, 2.75) is 18.8 Å². The summed E-state index contributed by atoms with van der Waals surface area (Å²) >= 11 is 0. The molecule has 1 heterocycles. The molecule has 1 aliphatic rings. The molecule has 5 heteroatoms. The first-order valence-electron chi connectivity index (χ1n) is 6.41. The first kappa shape index (κ1) is 14.1. The summed E-state index contributed by atoms with van der Waals surface area (Å²) in [5, 5.41) is 3.28. The van der Waals surface area contributed by atoms with Gasteiger partial charge in [-0.3, -0.25) is 0 Å². The third kappa shape index (κ3) is 3.37. The maximum absolute atomic E-state index is 5.49. The monoisotopic (exact) mass is 267 g/mol. The molecular weight excluding hydrogens is 246 g/mol.